The van der Waals surface area contributed by atoms with Crippen LogP contribution in [0.15, 0.2) is 83.6 Å². The lowest BCUT2D eigenvalue weighted by atomic mass is 10.1. The molecule has 0 bridgehead atoms. The number of nitrogens with zero attached hydrogens (tertiary/aromatic N) is 4. The Balaban J connectivity index is 1.63. The minimum Gasteiger partial charge on any atom is -0.478 e. The summed E-state index contributed by atoms with van der Waals surface area (Å²) in [5.41, 5.74) is 11.7. The molecule has 0 fully saturated rings. The van der Waals surface area contributed by atoms with E-state index in [1.807, 2.05) is 42.5 Å². The number of rotatable bonds is 4. The van der Waals surface area contributed by atoms with Crippen molar-refractivity contribution in [3.63, 3.8) is 0 Å². The highest BCUT2D eigenvalue weighted by molar-refractivity contribution is 9.10. The molecular weight excluding hydrogens is 470 g/mol. The van der Waals surface area contributed by atoms with Crippen molar-refractivity contribution in [2.45, 2.75) is 0 Å². The van der Waals surface area contributed by atoms with E-state index in [0.29, 0.717) is 27.2 Å². The van der Waals surface area contributed by atoms with E-state index in [1.54, 1.807) is 35.1 Å². The molecule has 2 aromatic carbocycles. The van der Waals surface area contributed by atoms with Gasteiger partial charge in [0.1, 0.15) is 5.82 Å². The average molecular weight is 486 g/mol. The first kappa shape index (κ1) is 19.9. The third kappa shape index (κ3) is 3.40. The summed E-state index contributed by atoms with van der Waals surface area (Å²) in [6.07, 6.45) is 3.48. The molecule has 32 heavy (non-hydrogen) atoms. The molecule has 3 N–H and O–H groups in total. The summed E-state index contributed by atoms with van der Waals surface area (Å²) < 4.78 is 2.09. The molecule has 5 rings (SSSR count). The maximum atomic E-state index is 11.4. The van der Waals surface area contributed by atoms with Crippen LogP contribution >= 0.6 is 15.9 Å². The zero-order valence-electron chi connectivity index (χ0n) is 16.6. The number of halogens is 1. The van der Waals surface area contributed by atoms with Crippen LogP contribution in [0.25, 0.3) is 39.3 Å². The van der Waals surface area contributed by atoms with Crippen molar-refractivity contribution in [2.75, 3.05) is 5.73 Å². The molecule has 0 saturated carbocycles. The molecule has 0 aliphatic rings. The van der Waals surface area contributed by atoms with Crippen LogP contribution in [0.2, 0.25) is 0 Å². The Morgan fingerprint density at radius 3 is 2.44 bits per heavy atom. The number of aromatic carboxylic acids is 1. The number of hydrogen-bond acceptors (Lipinski definition) is 5. The second-order valence-corrected chi connectivity index (χ2v) is 7.93. The fourth-order valence-corrected chi connectivity index (χ4v) is 4.01. The maximum absolute atomic E-state index is 11.4. The van der Waals surface area contributed by atoms with Crippen molar-refractivity contribution in [3.8, 4) is 33.6 Å². The number of anilines is 1. The van der Waals surface area contributed by atoms with Gasteiger partial charge in [-0.05, 0) is 34.1 Å². The number of nitrogen functional groups attached to an aromatic ring is 1. The molecule has 0 spiro atoms. The predicted molar refractivity (Wildman–Crippen MR) is 126 cm³/mol. The lowest BCUT2D eigenvalue weighted by molar-refractivity contribution is 0.0697. The average Bonchev–Trinajstić information content (AvgIpc) is 3.26. The molecule has 156 valence electrons. The van der Waals surface area contributed by atoms with Crippen LogP contribution in [0.4, 0.5) is 5.82 Å². The third-order valence-corrected chi connectivity index (χ3v) is 5.93. The molecular formula is C24H16BrN5O2. The molecule has 0 amide bonds. The van der Waals surface area contributed by atoms with Crippen LogP contribution < -0.4 is 5.73 Å². The van der Waals surface area contributed by atoms with E-state index >= 15 is 0 Å². The summed E-state index contributed by atoms with van der Waals surface area (Å²) in [5.74, 6) is -0.641. The van der Waals surface area contributed by atoms with Crippen molar-refractivity contribution in [2.24, 2.45) is 0 Å². The zero-order valence-corrected chi connectivity index (χ0v) is 18.2. The van der Waals surface area contributed by atoms with E-state index in [-0.39, 0.29) is 5.56 Å². The second-order valence-electron chi connectivity index (χ2n) is 7.14. The number of carbonyl (C=O) groups is 1. The molecule has 0 unspecified atom stereocenters. The zero-order chi connectivity index (χ0) is 22.2. The molecule has 3 aromatic heterocycles. The van der Waals surface area contributed by atoms with Gasteiger partial charge >= 0.3 is 5.97 Å². The molecule has 0 radical (unpaired) electrons. The molecule has 0 atom stereocenters. The molecule has 5 aromatic rings. The van der Waals surface area contributed by atoms with Gasteiger partial charge in [-0.25, -0.2) is 9.78 Å². The lowest BCUT2D eigenvalue weighted by Crippen LogP contribution is -2.04. The van der Waals surface area contributed by atoms with Gasteiger partial charge in [-0.1, -0.05) is 48.5 Å². The highest BCUT2D eigenvalue weighted by atomic mass is 79.9. The first-order valence-electron chi connectivity index (χ1n) is 9.71. The van der Waals surface area contributed by atoms with Gasteiger partial charge in [0.25, 0.3) is 0 Å². The normalized spacial score (nSPS) is 11.0. The molecule has 3 heterocycles. The van der Waals surface area contributed by atoms with Crippen LogP contribution in [-0.2, 0) is 0 Å². The van der Waals surface area contributed by atoms with Crippen molar-refractivity contribution in [3.05, 3.63) is 89.2 Å². The quantitative estimate of drug-likeness (QED) is 0.363. The van der Waals surface area contributed by atoms with E-state index in [4.69, 9.17) is 10.7 Å². The Labute approximate surface area is 191 Å². The predicted octanol–water partition coefficient (Wildman–Crippen LogP) is 5.17. The maximum Gasteiger partial charge on any atom is 0.335 e. The largest absolute Gasteiger partial charge is 0.478 e. The number of carboxylic acid groups (broad SMARTS) is 1. The highest BCUT2D eigenvalue weighted by Gasteiger charge is 2.18. The molecule has 0 aliphatic carbocycles. The highest BCUT2D eigenvalue weighted by Crippen LogP contribution is 2.35. The van der Waals surface area contributed by atoms with Crippen LogP contribution in [0.3, 0.4) is 0 Å². The van der Waals surface area contributed by atoms with Gasteiger partial charge in [-0.3, -0.25) is 4.98 Å². The number of nitrogens with two attached hydrogens (primary N) is 1. The van der Waals surface area contributed by atoms with Gasteiger partial charge < -0.3 is 10.8 Å². The first-order chi connectivity index (χ1) is 15.5. The number of aromatic nitrogens is 4. The van der Waals surface area contributed by atoms with Crippen molar-refractivity contribution in [1.82, 2.24) is 19.6 Å². The van der Waals surface area contributed by atoms with Crippen LogP contribution in [0, 0.1) is 0 Å². The minimum absolute atomic E-state index is 0.170. The molecule has 7 nitrogen and oxygen atoms in total. The van der Waals surface area contributed by atoms with Gasteiger partial charge in [-0.15, -0.1) is 0 Å². The first-order valence-corrected chi connectivity index (χ1v) is 10.5. The van der Waals surface area contributed by atoms with Crippen molar-refractivity contribution < 1.29 is 9.90 Å². The Morgan fingerprint density at radius 1 is 0.938 bits per heavy atom. The van der Waals surface area contributed by atoms with E-state index in [9.17, 15) is 9.90 Å². The monoisotopic (exact) mass is 485 g/mol. The second kappa shape index (κ2) is 7.90. The van der Waals surface area contributed by atoms with Gasteiger partial charge in [0.05, 0.1) is 27.6 Å². The fraction of sp³-hybridized carbons (Fsp3) is 0. The van der Waals surface area contributed by atoms with Gasteiger partial charge in [0, 0.05) is 28.5 Å². The summed E-state index contributed by atoms with van der Waals surface area (Å²) in [6.45, 7) is 0. The van der Waals surface area contributed by atoms with E-state index in [2.05, 4.69) is 26.0 Å². The van der Waals surface area contributed by atoms with E-state index < -0.39 is 5.97 Å². The lowest BCUT2D eigenvalue weighted by Gasteiger charge is -2.10. The van der Waals surface area contributed by atoms with Crippen molar-refractivity contribution in [1.29, 1.82) is 0 Å². The van der Waals surface area contributed by atoms with E-state index in [1.165, 1.54) is 6.07 Å². The minimum atomic E-state index is -1.01. The SMILES string of the molecule is Nc1c(Br)c(-c2cccc(C(=O)O)c2)nc2c(-c3ccc(-c4ccccc4)nc3)cnn12. The van der Waals surface area contributed by atoms with E-state index in [0.717, 1.165) is 22.4 Å². The Kier molecular flexibility index (Phi) is 4.91. The number of carboxylic acids is 1. The van der Waals surface area contributed by atoms with Crippen LogP contribution in [-0.4, -0.2) is 30.7 Å². The van der Waals surface area contributed by atoms with Gasteiger partial charge in [-0.2, -0.15) is 9.61 Å². The number of benzene rings is 2. The van der Waals surface area contributed by atoms with Crippen molar-refractivity contribution >= 4 is 33.4 Å². The Bertz CT molecular complexity index is 1460. The van der Waals surface area contributed by atoms with Crippen LogP contribution in [0.5, 0.6) is 0 Å². The molecule has 0 aliphatic heterocycles. The number of hydrogen-bond donors (Lipinski definition) is 2. The standard InChI is InChI=1S/C24H16BrN5O2/c25-20-21(15-7-4-8-16(11-15)24(31)32)29-23-18(13-28-30(23)22(20)26)17-9-10-19(27-12-17)14-5-2-1-3-6-14/h1-13H,26H2,(H,31,32). The van der Waals surface area contributed by atoms with Gasteiger partial charge in [0.2, 0.25) is 0 Å². The van der Waals surface area contributed by atoms with Crippen LogP contribution in [0.1, 0.15) is 10.4 Å². The Morgan fingerprint density at radius 2 is 1.72 bits per heavy atom. The summed E-state index contributed by atoms with van der Waals surface area (Å²) in [6, 6.07) is 20.4. The van der Waals surface area contributed by atoms with Gasteiger partial charge in [0.15, 0.2) is 5.65 Å². The third-order valence-electron chi connectivity index (χ3n) is 5.15. The summed E-state index contributed by atoms with van der Waals surface area (Å²) in [7, 11) is 0. The fourth-order valence-electron chi connectivity index (χ4n) is 3.52. The number of pyridine rings is 1. The summed E-state index contributed by atoms with van der Waals surface area (Å²) in [5, 5.41) is 13.7. The Hall–Kier alpha value is -4.04. The molecule has 0 saturated heterocycles. The smallest absolute Gasteiger partial charge is 0.335 e. The number of fused-ring (bicyclic) bond motifs is 1. The molecule has 8 heteroatoms. The topological polar surface area (TPSA) is 106 Å². The summed E-state index contributed by atoms with van der Waals surface area (Å²) >= 11 is 3.49. The summed E-state index contributed by atoms with van der Waals surface area (Å²) in [4.78, 5) is 20.8.